The highest BCUT2D eigenvalue weighted by molar-refractivity contribution is 5.97. The minimum absolute atomic E-state index is 0.112. The van der Waals surface area contributed by atoms with Crippen LogP contribution in [0.2, 0.25) is 0 Å². The van der Waals surface area contributed by atoms with Crippen LogP contribution in [0.3, 0.4) is 0 Å². The van der Waals surface area contributed by atoms with Crippen molar-refractivity contribution in [1.82, 2.24) is 4.90 Å². The smallest absolute Gasteiger partial charge is 0.341 e. The summed E-state index contributed by atoms with van der Waals surface area (Å²) in [5, 5.41) is 8.88. The number of benzene rings is 4. The summed E-state index contributed by atoms with van der Waals surface area (Å²) in [6.07, 6.45) is 2.13. The van der Waals surface area contributed by atoms with E-state index in [1.807, 2.05) is 59.5 Å². The Labute approximate surface area is 240 Å². The van der Waals surface area contributed by atoms with Crippen LogP contribution in [0.1, 0.15) is 56.2 Å². The van der Waals surface area contributed by atoms with Crippen molar-refractivity contribution in [3.05, 3.63) is 137 Å². The normalized spacial score (nSPS) is 10.8. The number of nitrogens with zero attached hydrogens (tertiary/aromatic N) is 1. The van der Waals surface area contributed by atoms with Gasteiger partial charge in [0.05, 0.1) is 0 Å². The lowest BCUT2D eigenvalue weighted by atomic mass is 9.88. The number of hydrogen-bond acceptors (Lipinski definition) is 4. The lowest BCUT2D eigenvalue weighted by Gasteiger charge is -2.26. The van der Waals surface area contributed by atoms with Crippen molar-refractivity contribution in [2.45, 2.75) is 25.2 Å². The molecule has 3 N–H and O–H groups in total. The van der Waals surface area contributed by atoms with Crippen molar-refractivity contribution in [1.29, 1.82) is 0 Å². The molecule has 0 unspecified atom stereocenters. The zero-order valence-electron chi connectivity index (χ0n) is 22.8. The highest BCUT2D eigenvalue weighted by Crippen LogP contribution is 2.28. The summed E-state index contributed by atoms with van der Waals surface area (Å²) < 4.78 is 5.31. The number of carboxylic acid groups (broad SMARTS) is 1. The fourth-order valence-corrected chi connectivity index (χ4v) is 4.87. The van der Waals surface area contributed by atoms with E-state index < -0.39 is 18.5 Å². The Kier molecular flexibility index (Phi) is 10.3. The number of aryl methyl sites for hydroxylation is 1. The van der Waals surface area contributed by atoms with E-state index in [4.69, 9.17) is 15.6 Å². The van der Waals surface area contributed by atoms with Crippen LogP contribution in [0.25, 0.3) is 0 Å². The molecule has 4 aromatic rings. The summed E-state index contributed by atoms with van der Waals surface area (Å²) in [6, 6.07) is 34.4. The van der Waals surface area contributed by atoms with Crippen LogP contribution < -0.4 is 10.5 Å². The molecule has 0 bridgehead atoms. The standard InChI is InChI=1S/C34H34N2O5/c35-33(39)28-16-18-29(19-17-28)34(40)36(21-8-10-25-9-7-15-30(23-25)41-24-32(37)38)22-20-31(26-11-3-1-4-12-26)27-13-5-2-6-14-27/h1-7,9,11-19,23,31H,8,10,20-22,24H2,(H2,35,39)(H,37,38). The maximum atomic E-state index is 13.7. The molecule has 0 heterocycles. The average Bonchev–Trinajstić information content (AvgIpc) is 3.00. The quantitative estimate of drug-likeness (QED) is 0.214. The van der Waals surface area contributed by atoms with Crippen LogP contribution in [0, 0.1) is 0 Å². The van der Waals surface area contributed by atoms with Crippen molar-refractivity contribution < 1.29 is 24.2 Å². The fraction of sp³-hybridized carbons (Fsp3) is 0.206. The van der Waals surface area contributed by atoms with Crippen molar-refractivity contribution in [3.63, 3.8) is 0 Å². The van der Waals surface area contributed by atoms with Gasteiger partial charge < -0.3 is 20.5 Å². The number of aliphatic carboxylic acids is 1. The largest absolute Gasteiger partial charge is 0.482 e. The first kappa shape index (κ1) is 29.1. The van der Waals surface area contributed by atoms with Gasteiger partial charge in [-0.15, -0.1) is 0 Å². The first-order valence-corrected chi connectivity index (χ1v) is 13.6. The second-order valence-corrected chi connectivity index (χ2v) is 9.83. The molecule has 0 aliphatic heterocycles. The predicted molar refractivity (Wildman–Crippen MR) is 158 cm³/mol. The van der Waals surface area contributed by atoms with Crippen molar-refractivity contribution in [2.75, 3.05) is 19.7 Å². The summed E-state index contributed by atoms with van der Waals surface area (Å²) in [5.74, 6) is -1.06. The maximum Gasteiger partial charge on any atom is 0.341 e. The first-order valence-electron chi connectivity index (χ1n) is 13.6. The highest BCUT2D eigenvalue weighted by Gasteiger charge is 2.20. The van der Waals surface area contributed by atoms with Crippen LogP contribution in [-0.4, -0.2) is 47.5 Å². The molecule has 0 fully saturated rings. The number of primary amides is 1. The van der Waals surface area contributed by atoms with Gasteiger partial charge in [-0.2, -0.15) is 0 Å². The van der Waals surface area contributed by atoms with Gasteiger partial charge in [0, 0.05) is 30.1 Å². The molecule has 210 valence electrons. The SMILES string of the molecule is NC(=O)c1ccc(C(=O)N(CCCc2cccc(OCC(=O)O)c2)CCC(c2ccccc2)c2ccccc2)cc1. The second kappa shape index (κ2) is 14.5. The number of nitrogens with two attached hydrogens (primary N) is 1. The minimum atomic E-state index is -1.03. The highest BCUT2D eigenvalue weighted by atomic mass is 16.5. The third kappa shape index (κ3) is 8.54. The average molecular weight is 551 g/mol. The third-order valence-electron chi connectivity index (χ3n) is 6.95. The number of carbonyl (C=O) groups excluding carboxylic acids is 2. The second-order valence-electron chi connectivity index (χ2n) is 9.83. The lowest BCUT2D eigenvalue weighted by molar-refractivity contribution is -0.139. The molecule has 4 aromatic carbocycles. The Hall–Kier alpha value is -4.91. The Morgan fingerprint density at radius 2 is 1.37 bits per heavy atom. The monoisotopic (exact) mass is 550 g/mol. The summed E-state index contributed by atoms with van der Waals surface area (Å²) in [4.78, 5) is 37.9. The van der Waals surface area contributed by atoms with Gasteiger partial charge in [-0.3, -0.25) is 9.59 Å². The fourth-order valence-electron chi connectivity index (χ4n) is 4.87. The topological polar surface area (TPSA) is 110 Å². The number of hydrogen-bond donors (Lipinski definition) is 2. The molecule has 0 saturated carbocycles. The van der Waals surface area contributed by atoms with Gasteiger partial charge >= 0.3 is 5.97 Å². The molecule has 0 saturated heterocycles. The number of rotatable bonds is 14. The van der Waals surface area contributed by atoms with Crippen molar-refractivity contribution in [3.8, 4) is 5.75 Å². The van der Waals surface area contributed by atoms with Gasteiger partial charge in [0.2, 0.25) is 5.91 Å². The van der Waals surface area contributed by atoms with Gasteiger partial charge in [-0.25, -0.2) is 4.79 Å². The third-order valence-corrected chi connectivity index (χ3v) is 6.95. The zero-order valence-corrected chi connectivity index (χ0v) is 22.8. The first-order chi connectivity index (χ1) is 19.9. The van der Waals surface area contributed by atoms with E-state index in [1.54, 1.807) is 30.3 Å². The van der Waals surface area contributed by atoms with Gasteiger partial charge in [0.15, 0.2) is 6.61 Å². The predicted octanol–water partition coefficient (Wildman–Crippen LogP) is 5.55. The van der Waals surface area contributed by atoms with Crippen LogP contribution in [0.15, 0.2) is 109 Å². The number of amides is 2. The molecule has 41 heavy (non-hydrogen) atoms. The molecular formula is C34H34N2O5. The van der Waals surface area contributed by atoms with Gasteiger partial charge in [-0.05, 0) is 72.4 Å². The van der Waals surface area contributed by atoms with Crippen molar-refractivity contribution in [2.24, 2.45) is 5.73 Å². The van der Waals surface area contributed by atoms with Crippen LogP contribution in [0.5, 0.6) is 5.75 Å². The minimum Gasteiger partial charge on any atom is -0.482 e. The van der Waals surface area contributed by atoms with E-state index in [0.29, 0.717) is 42.8 Å². The van der Waals surface area contributed by atoms with Crippen LogP contribution in [0.4, 0.5) is 0 Å². The van der Waals surface area contributed by atoms with Crippen molar-refractivity contribution >= 4 is 17.8 Å². The number of ether oxygens (including phenoxy) is 1. The molecule has 4 rings (SSSR count). The summed E-state index contributed by atoms with van der Waals surface area (Å²) in [7, 11) is 0. The molecule has 2 amide bonds. The van der Waals surface area contributed by atoms with E-state index >= 15 is 0 Å². The molecule has 0 aromatic heterocycles. The van der Waals surface area contributed by atoms with Crippen LogP contribution in [-0.2, 0) is 11.2 Å². The molecule has 7 nitrogen and oxygen atoms in total. The Bertz CT molecular complexity index is 1400. The summed E-state index contributed by atoms with van der Waals surface area (Å²) >= 11 is 0. The van der Waals surface area contributed by atoms with E-state index in [1.165, 1.54) is 11.1 Å². The van der Waals surface area contributed by atoms with E-state index in [0.717, 1.165) is 12.0 Å². The number of carbonyl (C=O) groups is 3. The van der Waals surface area contributed by atoms with E-state index in [-0.39, 0.29) is 11.8 Å². The molecule has 0 radical (unpaired) electrons. The Morgan fingerprint density at radius 3 is 1.95 bits per heavy atom. The Balaban J connectivity index is 1.51. The van der Waals surface area contributed by atoms with Gasteiger partial charge in [-0.1, -0.05) is 72.8 Å². The van der Waals surface area contributed by atoms with E-state index in [2.05, 4.69) is 24.3 Å². The number of carboxylic acids is 1. The van der Waals surface area contributed by atoms with Gasteiger partial charge in [0.1, 0.15) is 5.75 Å². The molecule has 7 heteroatoms. The molecule has 0 spiro atoms. The van der Waals surface area contributed by atoms with Gasteiger partial charge in [0.25, 0.3) is 5.91 Å². The molecule has 0 atom stereocenters. The molecular weight excluding hydrogens is 516 g/mol. The Morgan fingerprint density at radius 1 is 0.756 bits per heavy atom. The summed E-state index contributed by atoms with van der Waals surface area (Å²) in [5.41, 5.74) is 9.61. The van der Waals surface area contributed by atoms with Crippen LogP contribution >= 0.6 is 0 Å². The molecule has 0 aliphatic rings. The lowest BCUT2D eigenvalue weighted by Crippen LogP contribution is -2.34. The zero-order chi connectivity index (χ0) is 29.0. The molecule has 0 aliphatic carbocycles. The maximum absolute atomic E-state index is 13.7. The summed E-state index contributed by atoms with van der Waals surface area (Å²) in [6.45, 7) is 0.657. The van der Waals surface area contributed by atoms with E-state index in [9.17, 15) is 14.4 Å².